The molecule has 3 nitrogen and oxygen atoms in total. The van der Waals surface area contributed by atoms with Gasteiger partial charge in [0.15, 0.2) is 0 Å². The third-order valence-corrected chi connectivity index (χ3v) is 5.79. The summed E-state index contributed by atoms with van der Waals surface area (Å²) < 4.78 is 5.25. The number of hydrogen-bond donors (Lipinski definition) is 0. The van der Waals surface area contributed by atoms with Gasteiger partial charge in [0, 0.05) is 23.9 Å². The highest BCUT2D eigenvalue weighted by Gasteiger charge is 2.04. The molecule has 0 unspecified atom stereocenters. The van der Waals surface area contributed by atoms with Crippen molar-refractivity contribution in [2.24, 2.45) is 4.99 Å². The second-order valence-corrected chi connectivity index (χ2v) is 8.72. The first-order chi connectivity index (χ1) is 14.7. The van der Waals surface area contributed by atoms with Gasteiger partial charge in [-0.2, -0.15) is 0 Å². The van der Waals surface area contributed by atoms with Crippen LogP contribution in [0.2, 0.25) is 0 Å². The molecule has 0 N–H and O–H groups in total. The molecule has 0 fully saturated rings. The predicted molar refractivity (Wildman–Crippen MR) is 140 cm³/mol. The molecular formula is C27H34N2OS. The summed E-state index contributed by atoms with van der Waals surface area (Å²) in [5, 5.41) is 1.13. The molecule has 0 amide bonds. The van der Waals surface area contributed by atoms with Gasteiger partial charge in [0.25, 0.3) is 0 Å². The standard InChI is InChI=1S/C16H24N2.C11H10OS/c1-7-18(6)11-17-16-10-13(4)15(8-12(2)3)9-14(16)5;1-8(13-2)9-3-4-11-10(7-9)5-6-12-11/h9-11H,2,7-8H2,1,3-6H3;3-7H,1H2,2H3. The van der Waals surface area contributed by atoms with Crippen LogP contribution in [0.4, 0.5) is 5.69 Å². The third kappa shape index (κ3) is 7.18. The van der Waals surface area contributed by atoms with Crippen molar-refractivity contribution in [1.82, 2.24) is 4.90 Å². The Kier molecular flexibility index (Phi) is 9.20. The van der Waals surface area contributed by atoms with E-state index in [1.165, 1.54) is 27.8 Å². The molecule has 4 heteroatoms. The molecule has 1 heterocycles. The lowest BCUT2D eigenvalue weighted by atomic mass is 9.99. The average Bonchev–Trinajstić information content (AvgIpc) is 3.22. The maximum Gasteiger partial charge on any atom is 0.133 e. The maximum atomic E-state index is 5.25. The molecule has 0 atom stereocenters. The molecule has 0 saturated carbocycles. The lowest BCUT2D eigenvalue weighted by Gasteiger charge is -2.11. The molecule has 2 aromatic carbocycles. The Morgan fingerprint density at radius 2 is 1.87 bits per heavy atom. The second kappa shape index (κ2) is 11.6. The van der Waals surface area contributed by atoms with Crippen molar-refractivity contribution in [3.05, 3.63) is 83.6 Å². The Morgan fingerprint density at radius 1 is 1.13 bits per heavy atom. The van der Waals surface area contributed by atoms with Crippen LogP contribution in [0.25, 0.3) is 15.9 Å². The third-order valence-electron chi connectivity index (χ3n) is 5.06. The molecule has 31 heavy (non-hydrogen) atoms. The Balaban J connectivity index is 0.000000231. The largest absolute Gasteiger partial charge is 0.464 e. The van der Waals surface area contributed by atoms with E-state index in [9.17, 15) is 0 Å². The van der Waals surface area contributed by atoms with Gasteiger partial charge in [-0.3, -0.25) is 0 Å². The summed E-state index contributed by atoms with van der Waals surface area (Å²) in [6.45, 7) is 17.3. The van der Waals surface area contributed by atoms with Gasteiger partial charge >= 0.3 is 0 Å². The van der Waals surface area contributed by atoms with Crippen molar-refractivity contribution in [3.8, 4) is 0 Å². The van der Waals surface area contributed by atoms with Crippen molar-refractivity contribution in [1.29, 1.82) is 0 Å². The van der Waals surface area contributed by atoms with E-state index in [0.29, 0.717) is 0 Å². The molecule has 3 aromatic rings. The maximum absolute atomic E-state index is 5.25. The minimum absolute atomic E-state index is 0.928. The minimum atomic E-state index is 0.928. The number of fused-ring (bicyclic) bond motifs is 1. The molecular weight excluding hydrogens is 400 g/mol. The van der Waals surface area contributed by atoms with Crippen LogP contribution in [0.1, 0.15) is 36.1 Å². The van der Waals surface area contributed by atoms with E-state index in [-0.39, 0.29) is 0 Å². The Bertz CT molecular complexity index is 1080. The molecule has 0 saturated heterocycles. The van der Waals surface area contributed by atoms with Gasteiger partial charge in [-0.05, 0) is 86.9 Å². The van der Waals surface area contributed by atoms with Gasteiger partial charge in [0.2, 0.25) is 0 Å². The average molecular weight is 435 g/mol. The van der Waals surface area contributed by atoms with Crippen LogP contribution in [-0.2, 0) is 6.42 Å². The molecule has 1 aromatic heterocycles. The van der Waals surface area contributed by atoms with Crippen molar-refractivity contribution < 1.29 is 4.42 Å². The highest BCUT2D eigenvalue weighted by Crippen LogP contribution is 2.27. The van der Waals surface area contributed by atoms with E-state index in [1.807, 2.05) is 37.8 Å². The molecule has 0 aliphatic heterocycles. The molecule has 0 bridgehead atoms. The smallest absolute Gasteiger partial charge is 0.133 e. The zero-order valence-electron chi connectivity index (χ0n) is 19.7. The number of rotatable bonds is 7. The summed E-state index contributed by atoms with van der Waals surface area (Å²) in [4.78, 5) is 7.69. The molecule has 164 valence electrons. The molecule has 0 radical (unpaired) electrons. The first-order valence-corrected chi connectivity index (χ1v) is 11.7. The molecule has 0 aliphatic rings. The molecule has 3 rings (SSSR count). The van der Waals surface area contributed by atoms with Crippen molar-refractivity contribution in [2.75, 3.05) is 19.8 Å². The van der Waals surface area contributed by atoms with Gasteiger partial charge in [0.1, 0.15) is 5.58 Å². The van der Waals surface area contributed by atoms with Crippen LogP contribution in [-0.4, -0.2) is 31.1 Å². The fourth-order valence-electron chi connectivity index (χ4n) is 3.02. The molecule has 0 spiro atoms. The van der Waals surface area contributed by atoms with Crippen LogP contribution in [0.5, 0.6) is 0 Å². The Morgan fingerprint density at radius 3 is 2.52 bits per heavy atom. The number of thioether (sulfide) groups is 1. The normalized spacial score (nSPS) is 10.8. The summed E-state index contributed by atoms with van der Waals surface area (Å²) in [5.41, 5.74) is 8.20. The number of nitrogens with zero attached hydrogens (tertiary/aromatic N) is 2. The highest BCUT2D eigenvalue weighted by molar-refractivity contribution is 8.07. The van der Waals surface area contributed by atoms with Gasteiger partial charge in [-0.25, -0.2) is 4.99 Å². The number of benzene rings is 2. The Hall–Kier alpha value is -2.72. The van der Waals surface area contributed by atoms with Crippen LogP contribution in [0.3, 0.4) is 0 Å². The fraction of sp³-hybridized carbons (Fsp3) is 0.296. The van der Waals surface area contributed by atoms with Gasteiger partial charge in [0.05, 0.1) is 18.3 Å². The minimum Gasteiger partial charge on any atom is -0.464 e. The van der Waals surface area contributed by atoms with Crippen LogP contribution in [0.15, 0.2) is 70.8 Å². The van der Waals surface area contributed by atoms with Crippen LogP contribution < -0.4 is 0 Å². The number of aliphatic imine (C=N–C) groups is 1. The summed E-state index contributed by atoms with van der Waals surface area (Å²) in [6.07, 6.45) is 6.57. The summed E-state index contributed by atoms with van der Waals surface area (Å²) in [5.74, 6) is 0. The van der Waals surface area contributed by atoms with Crippen LogP contribution in [0, 0.1) is 13.8 Å². The second-order valence-electron chi connectivity index (χ2n) is 7.82. The summed E-state index contributed by atoms with van der Waals surface area (Å²) in [7, 11) is 2.03. The Labute approximate surface area is 191 Å². The number of aryl methyl sites for hydroxylation is 2. The summed E-state index contributed by atoms with van der Waals surface area (Å²) in [6, 6.07) is 12.5. The first-order valence-electron chi connectivity index (χ1n) is 10.4. The summed E-state index contributed by atoms with van der Waals surface area (Å²) >= 11 is 1.66. The van der Waals surface area contributed by atoms with E-state index in [1.54, 1.807) is 18.0 Å². The van der Waals surface area contributed by atoms with Crippen LogP contribution >= 0.6 is 11.8 Å². The zero-order valence-corrected chi connectivity index (χ0v) is 20.5. The highest BCUT2D eigenvalue weighted by atomic mass is 32.2. The predicted octanol–water partition coefficient (Wildman–Crippen LogP) is 7.80. The van der Waals surface area contributed by atoms with Gasteiger partial charge in [-0.1, -0.05) is 30.9 Å². The quantitative estimate of drug-likeness (QED) is 0.216. The van der Waals surface area contributed by atoms with Gasteiger partial charge in [-0.15, -0.1) is 11.8 Å². The zero-order chi connectivity index (χ0) is 23.0. The van der Waals surface area contributed by atoms with E-state index < -0.39 is 0 Å². The lowest BCUT2D eigenvalue weighted by Crippen LogP contribution is -2.14. The van der Waals surface area contributed by atoms with Gasteiger partial charge < -0.3 is 9.32 Å². The van der Waals surface area contributed by atoms with E-state index in [0.717, 1.165) is 34.5 Å². The SMILES string of the molecule is C=C(C)Cc1cc(C)c(N=CN(C)CC)cc1C.C=C(SC)c1ccc2occc2c1. The van der Waals surface area contributed by atoms with E-state index in [2.05, 4.69) is 68.9 Å². The first kappa shape index (κ1) is 24.5. The number of hydrogen-bond acceptors (Lipinski definition) is 3. The number of allylic oxidation sites excluding steroid dienone is 1. The van der Waals surface area contributed by atoms with E-state index in [4.69, 9.17) is 4.42 Å². The topological polar surface area (TPSA) is 28.7 Å². The lowest BCUT2D eigenvalue weighted by molar-refractivity contribution is 0.552. The van der Waals surface area contributed by atoms with Crippen molar-refractivity contribution in [3.63, 3.8) is 0 Å². The fourth-order valence-corrected chi connectivity index (χ4v) is 3.38. The van der Waals surface area contributed by atoms with Crippen molar-refractivity contribution >= 4 is 39.7 Å². The van der Waals surface area contributed by atoms with E-state index >= 15 is 0 Å². The molecule has 0 aliphatic carbocycles. The number of furan rings is 1. The monoisotopic (exact) mass is 434 g/mol. The van der Waals surface area contributed by atoms with Crippen molar-refractivity contribution in [2.45, 2.75) is 34.1 Å².